The first-order valence-corrected chi connectivity index (χ1v) is 8.19. The van der Waals surface area contributed by atoms with Crippen molar-refractivity contribution in [1.29, 1.82) is 0 Å². The lowest BCUT2D eigenvalue weighted by molar-refractivity contribution is 0.0714. The standard InChI is InChI=1S/C18H27N3O2.ClH/c1-18(2,3)12-20-16(22)13-4-6-14(7-5-13)17(23)21-10-8-15(19)9-11-21;/h4-7,15H,8-12,19H2,1-3H3,(H,20,22);1H. The van der Waals surface area contributed by atoms with Crippen LogP contribution in [0.2, 0.25) is 0 Å². The van der Waals surface area contributed by atoms with E-state index in [1.165, 1.54) is 0 Å². The van der Waals surface area contributed by atoms with Gasteiger partial charge in [-0.05, 0) is 42.5 Å². The molecule has 2 amide bonds. The van der Waals surface area contributed by atoms with Crippen LogP contribution in [0.5, 0.6) is 0 Å². The summed E-state index contributed by atoms with van der Waals surface area (Å²) < 4.78 is 0. The highest BCUT2D eigenvalue weighted by Crippen LogP contribution is 2.14. The Bertz CT molecular complexity index is 559. The number of nitrogens with two attached hydrogens (primary N) is 1. The molecule has 0 atom stereocenters. The minimum absolute atomic E-state index is 0. The zero-order chi connectivity index (χ0) is 17.0. The minimum Gasteiger partial charge on any atom is -0.352 e. The van der Waals surface area contributed by atoms with Gasteiger partial charge in [-0.25, -0.2) is 0 Å². The first kappa shape index (κ1) is 20.5. The third-order valence-electron chi connectivity index (χ3n) is 4.00. The fourth-order valence-electron chi connectivity index (χ4n) is 2.50. The Kier molecular flexibility index (Phi) is 7.24. The van der Waals surface area contributed by atoms with Gasteiger partial charge in [-0.15, -0.1) is 12.4 Å². The minimum atomic E-state index is -0.108. The summed E-state index contributed by atoms with van der Waals surface area (Å²) in [5.41, 5.74) is 7.10. The van der Waals surface area contributed by atoms with Gasteiger partial charge in [0.25, 0.3) is 11.8 Å². The van der Waals surface area contributed by atoms with Crippen LogP contribution in [-0.2, 0) is 0 Å². The Morgan fingerprint density at radius 2 is 1.62 bits per heavy atom. The predicted octanol–water partition coefficient (Wildman–Crippen LogP) is 2.45. The van der Waals surface area contributed by atoms with E-state index in [1.807, 2.05) is 4.90 Å². The Labute approximate surface area is 150 Å². The quantitative estimate of drug-likeness (QED) is 0.876. The number of carbonyl (C=O) groups excluding carboxylic acids is 2. The van der Waals surface area contributed by atoms with Crippen LogP contribution in [0, 0.1) is 5.41 Å². The number of hydrogen-bond acceptors (Lipinski definition) is 3. The molecule has 0 unspecified atom stereocenters. The molecular weight excluding hydrogens is 326 g/mol. The topological polar surface area (TPSA) is 75.4 Å². The lowest BCUT2D eigenvalue weighted by Gasteiger charge is -2.30. The third kappa shape index (κ3) is 5.80. The SMILES string of the molecule is CC(C)(C)CNC(=O)c1ccc(C(=O)N2CCC(N)CC2)cc1.Cl. The predicted molar refractivity (Wildman–Crippen MR) is 98.6 cm³/mol. The zero-order valence-corrected chi connectivity index (χ0v) is 15.5. The van der Waals surface area contributed by atoms with E-state index >= 15 is 0 Å². The van der Waals surface area contributed by atoms with E-state index in [-0.39, 0.29) is 35.7 Å². The summed E-state index contributed by atoms with van der Waals surface area (Å²) in [5.74, 6) is -0.0959. The number of nitrogens with zero attached hydrogens (tertiary/aromatic N) is 1. The van der Waals surface area contributed by atoms with Gasteiger partial charge in [0.1, 0.15) is 0 Å². The maximum atomic E-state index is 12.4. The van der Waals surface area contributed by atoms with Gasteiger partial charge in [0.2, 0.25) is 0 Å². The Morgan fingerprint density at radius 1 is 1.12 bits per heavy atom. The smallest absolute Gasteiger partial charge is 0.253 e. The summed E-state index contributed by atoms with van der Waals surface area (Å²) in [6, 6.07) is 7.07. The summed E-state index contributed by atoms with van der Waals surface area (Å²) in [6.07, 6.45) is 1.69. The molecule has 1 aromatic carbocycles. The Balaban J connectivity index is 0.00000288. The molecule has 0 saturated carbocycles. The summed E-state index contributed by atoms with van der Waals surface area (Å²) >= 11 is 0. The highest BCUT2D eigenvalue weighted by molar-refractivity contribution is 5.97. The number of rotatable bonds is 3. The van der Waals surface area contributed by atoms with Gasteiger partial charge >= 0.3 is 0 Å². The van der Waals surface area contributed by atoms with E-state index < -0.39 is 0 Å². The number of amides is 2. The Hall–Kier alpha value is -1.59. The molecule has 0 spiro atoms. The third-order valence-corrected chi connectivity index (χ3v) is 4.00. The molecular formula is C18H28ClN3O2. The molecule has 1 aliphatic rings. The van der Waals surface area contributed by atoms with Gasteiger partial charge in [0, 0.05) is 36.8 Å². The number of nitrogens with one attached hydrogen (secondary N) is 1. The molecule has 5 nitrogen and oxygen atoms in total. The second-order valence-corrected chi connectivity index (χ2v) is 7.45. The van der Waals surface area contributed by atoms with Crippen molar-refractivity contribution in [2.75, 3.05) is 19.6 Å². The van der Waals surface area contributed by atoms with E-state index in [2.05, 4.69) is 26.1 Å². The second-order valence-electron chi connectivity index (χ2n) is 7.45. The first-order valence-electron chi connectivity index (χ1n) is 8.19. The zero-order valence-electron chi connectivity index (χ0n) is 14.7. The van der Waals surface area contributed by atoms with Crippen molar-refractivity contribution >= 4 is 24.2 Å². The number of hydrogen-bond donors (Lipinski definition) is 2. The Morgan fingerprint density at radius 3 is 2.12 bits per heavy atom. The molecule has 0 radical (unpaired) electrons. The van der Waals surface area contributed by atoms with Crippen molar-refractivity contribution in [3.63, 3.8) is 0 Å². The molecule has 1 aliphatic heterocycles. The molecule has 1 aromatic rings. The van der Waals surface area contributed by atoms with Crippen LogP contribution in [0.25, 0.3) is 0 Å². The van der Waals surface area contributed by atoms with Crippen molar-refractivity contribution < 1.29 is 9.59 Å². The lowest BCUT2D eigenvalue weighted by atomic mass is 9.97. The maximum Gasteiger partial charge on any atom is 0.253 e. The van der Waals surface area contributed by atoms with Gasteiger partial charge in [-0.3, -0.25) is 9.59 Å². The summed E-state index contributed by atoms with van der Waals surface area (Å²) in [5, 5.41) is 2.91. The normalized spacial score (nSPS) is 15.6. The van der Waals surface area contributed by atoms with E-state index in [9.17, 15) is 9.59 Å². The van der Waals surface area contributed by atoms with E-state index in [0.717, 1.165) is 12.8 Å². The van der Waals surface area contributed by atoms with Crippen LogP contribution in [0.1, 0.15) is 54.3 Å². The first-order chi connectivity index (χ1) is 10.8. The molecule has 0 bridgehead atoms. The van der Waals surface area contributed by atoms with Crippen LogP contribution in [0.4, 0.5) is 0 Å². The molecule has 1 heterocycles. The summed E-state index contributed by atoms with van der Waals surface area (Å²) in [4.78, 5) is 26.4. The fourth-order valence-corrected chi connectivity index (χ4v) is 2.50. The highest BCUT2D eigenvalue weighted by atomic mass is 35.5. The molecule has 0 aromatic heterocycles. The van der Waals surface area contributed by atoms with Crippen LogP contribution in [-0.4, -0.2) is 42.4 Å². The number of benzene rings is 1. The van der Waals surface area contributed by atoms with Gasteiger partial charge in [-0.2, -0.15) is 0 Å². The van der Waals surface area contributed by atoms with Crippen LogP contribution in [0.3, 0.4) is 0 Å². The van der Waals surface area contributed by atoms with Gasteiger partial charge < -0.3 is 16.0 Å². The highest BCUT2D eigenvalue weighted by Gasteiger charge is 2.21. The van der Waals surface area contributed by atoms with Crippen molar-refractivity contribution in [2.24, 2.45) is 11.1 Å². The summed E-state index contributed by atoms with van der Waals surface area (Å²) in [6.45, 7) is 8.22. The van der Waals surface area contributed by atoms with Crippen LogP contribution < -0.4 is 11.1 Å². The molecule has 24 heavy (non-hydrogen) atoms. The van der Waals surface area contributed by atoms with Crippen molar-refractivity contribution in [3.8, 4) is 0 Å². The van der Waals surface area contributed by atoms with Gasteiger partial charge in [-0.1, -0.05) is 20.8 Å². The molecule has 3 N–H and O–H groups in total. The molecule has 1 fully saturated rings. The van der Waals surface area contributed by atoms with Gasteiger partial charge in [0.05, 0.1) is 0 Å². The average molecular weight is 354 g/mol. The van der Waals surface area contributed by atoms with Crippen molar-refractivity contribution in [3.05, 3.63) is 35.4 Å². The lowest BCUT2D eigenvalue weighted by Crippen LogP contribution is -2.42. The molecule has 0 aliphatic carbocycles. The molecule has 134 valence electrons. The largest absolute Gasteiger partial charge is 0.352 e. The van der Waals surface area contributed by atoms with Crippen LogP contribution >= 0.6 is 12.4 Å². The van der Waals surface area contributed by atoms with E-state index in [1.54, 1.807) is 24.3 Å². The molecule has 2 rings (SSSR count). The molecule has 6 heteroatoms. The van der Waals surface area contributed by atoms with Crippen LogP contribution in [0.15, 0.2) is 24.3 Å². The molecule has 1 saturated heterocycles. The monoisotopic (exact) mass is 353 g/mol. The van der Waals surface area contributed by atoms with Gasteiger partial charge in [0.15, 0.2) is 0 Å². The second kappa shape index (κ2) is 8.49. The average Bonchev–Trinajstić information content (AvgIpc) is 2.52. The number of carbonyl (C=O) groups is 2. The number of piperidine rings is 1. The summed E-state index contributed by atoms with van der Waals surface area (Å²) in [7, 11) is 0. The van der Waals surface area contributed by atoms with Crippen molar-refractivity contribution in [2.45, 2.75) is 39.7 Å². The van der Waals surface area contributed by atoms with E-state index in [0.29, 0.717) is 30.8 Å². The number of likely N-dealkylation sites (tertiary alicyclic amines) is 1. The van der Waals surface area contributed by atoms with E-state index in [4.69, 9.17) is 5.73 Å². The number of halogens is 1. The fraction of sp³-hybridized carbons (Fsp3) is 0.556. The van der Waals surface area contributed by atoms with Crippen molar-refractivity contribution in [1.82, 2.24) is 10.2 Å². The maximum absolute atomic E-state index is 12.4.